The summed E-state index contributed by atoms with van der Waals surface area (Å²) < 4.78 is 28.8. The SMILES string of the molecule is O=C(CNC(=O)c1cccc(OC(F)F)c1)Nc1cccc2ccccc12. The highest BCUT2D eigenvalue weighted by atomic mass is 19.3. The molecule has 2 amide bonds. The Kier molecular flexibility index (Phi) is 5.61. The van der Waals surface area contributed by atoms with Crippen LogP contribution < -0.4 is 15.4 Å². The maximum absolute atomic E-state index is 12.2. The van der Waals surface area contributed by atoms with Crippen LogP contribution in [0.3, 0.4) is 0 Å². The molecule has 0 atom stereocenters. The zero-order valence-corrected chi connectivity index (χ0v) is 14.1. The van der Waals surface area contributed by atoms with E-state index in [1.807, 2.05) is 36.4 Å². The van der Waals surface area contributed by atoms with Gasteiger partial charge in [-0.05, 0) is 29.7 Å². The quantitative estimate of drug-likeness (QED) is 0.693. The average Bonchev–Trinajstić information content (AvgIpc) is 2.66. The molecule has 0 unspecified atom stereocenters. The van der Waals surface area contributed by atoms with Crippen LogP contribution in [0.5, 0.6) is 5.75 Å². The predicted octanol–water partition coefficient (Wildman–Crippen LogP) is 3.81. The Labute approximate surface area is 153 Å². The zero-order chi connectivity index (χ0) is 19.2. The smallest absolute Gasteiger partial charge is 0.387 e. The number of nitrogens with one attached hydrogen (secondary N) is 2. The molecule has 138 valence electrons. The molecule has 0 bridgehead atoms. The lowest BCUT2D eigenvalue weighted by atomic mass is 10.1. The summed E-state index contributed by atoms with van der Waals surface area (Å²) in [5.41, 5.74) is 0.755. The Balaban J connectivity index is 1.61. The van der Waals surface area contributed by atoms with Crippen LogP contribution in [0.15, 0.2) is 66.7 Å². The van der Waals surface area contributed by atoms with Gasteiger partial charge in [-0.1, -0.05) is 42.5 Å². The van der Waals surface area contributed by atoms with Crippen molar-refractivity contribution in [2.75, 3.05) is 11.9 Å². The first kappa shape index (κ1) is 18.3. The molecule has 0 heterocycles. The van der Waals surface area contributed by atoms with Crippen LogP contribution in [0.4, 0.5) is 14.5 Å². The summed E-state index contributed by atoms with van der Waals surface area (Å²) in [4.78, 5) is 24.3. The van der Waals surface area contributed by atoms with E-state index < -0.39 is 18.4 Å². The highest BCUT2D eigenvalue weighted by Crippen LogP contribution is 2.22. The standard InChI is InChI=1S/C20H16F2N2O3/c21-20(22)27-15-8-3-7-14(11-15)19(26)23-12-18(25)24-17-10-4-6-13-5-1-2-9-16(13)17/h1-11,20H,12H2,(H,23,26)(H,24,25). The Bertz CT molecular complexity index is 971. The second-order valence-corrected chi connectivity index (χ2v) is 5.66. The van der Waals surface area contributed by atoms with E-state index in [1.165, 1.54) is 24.3 Å². The molecule has 0 aromatic heterocycles. The number of rotatable bonds is 6. The second kappa shape index (κ2) is 8.27. The predicted molar refractivity (Wildman–Crippen MR) is 98.0 cm³/mol. The van der Waals surface area contributed by atoms with Crippen molar-refractivity contribution in [3.8, 4) is 5.75 Å². The maximum Gasteiger partial charge on any atom is 0.387 e. The van der Waals surface area contributed by atoms with E-state index in [0.29, 0.717) is 5.69 Å². The van der Waals surface area contributed by atoms with E-state index in [2.05, 4.69) is 15.4 Å². The first-order valence-electron chi connectivity index (χ1n) is 8.13. The van der Waals surface area contributed by atoms with Crippen LogP contribution in [-0.2, 0) is 4.79 Å². The lowest BCUT2D eigenvalue weighted by molar-refractivity contribution is -0.115. The minimum atomic E-state index is -2.98. The third-order valence-corrected chi connectivity index (χ3v) is 3.79. The van der Waals surface area contributed by atoms with Gasteiger partial charge >= 0.3 is 6.61 Å². The maximum atomic E-state index is 12.2. The number of halogens is 2. The number of carbonyl (C=O) groups is 2. The summed E-state index contributed by atoms with van der Waals surface area (Å²) in [5, 5.41) is 7.07. The van der Waals surface area contributed by atoms with Crippen LogP contribution in [0.2, 0.25) is 0 Å². The van der Waals surface area contributed by atoms with E-state index in [-0.39, 0.29) is 17.9 Å². The first-order valence-corrected chi connectivity index (χ1v) is 8.13. The van der Waals surface area contributed by atoms with Gasteiger partial charge in [-0.25, -0.2) is 0 Å². The molecule has 3 aromatic carbocycles. The van der Waals surface area contributed by atoms with E-state index in [9.17, 15) is 18.4 Å². The third kappa shape index (κ3) is 4.78. The van der Waals surface area contributed by atoms with Gasteiger partial charge in [0.05, 0.1) is 6.54 Å². The molecule has 0 fully saturated rings. The fourth-order valence-electron chi connectivity index (χ4n) is 2.60. The number of fused-ring (bicyclic) bond motifs is 1. The molecule has 3 aromatic rings. The summed E-state index contributed by atoms with van der Waals surface area (Å²) in [6.07, 6.45) is 0. The molecule has 0 aliphatic heterocycles. The highest BCUT2D eigenvalue weighted by molar-refractivity contribution is 6.04. The summed E-state index contributed by atoms with van der Waals surface area (Å²) in [7, 11) is 0. The van der Waals surface area contributed by atoms with Crippen LogP contribution >= 0.6 is 0 Å². The fourth-order valence-corrected chi connectivity index (χ4v) is 2.60. The third-order valence-electron chi connectivity index (χ3n) is 3.79. The topological polar surface area (TPSA) is 67.4 Å². The molecule has 2 N–H and O–H groups in total. The molecule has 0 saturated heterocycles. The van der Waals surface area contributed by atoms with Gasteiger partial charge in [0.15, 0.2) is 0 Å². The number of ether oxygens (including phenoxy) is 1. The summed E-state index contributed by atoms with van der Waals surface area (Å²) in [5.74, 6) is -1.10. The van der Waals surface area contributed by atoms with Gasteiger partial charge in [0.1, 0.15) is 5.75 Å². The fraction of sp³-hybridized carbons (Fsp3) is 0.100. The second-order valence-electron chi connectivity index (χ2n) is 5.66. The van der Waals surface area contributed by atoms with Crippen molar-refractivity contribution < 1.29 is 23.1 Å². The van der Waals surface area contributed by atoms with Crippen molar-refractivity contribution in [3.63, 3.8) is 0 Å². The molecule has 7 heteroatoms. The highest BCUT2D eigenvalue weighted by Gasteiger charge is 2.11. The summed E-state index contributed by atoms with van der Waals surface area (Å²) in [6.45, 7) is -3.24. The average molecular weight is 370 g/mol. The number of carbonyl (C=O) groups excluding carboxylic acids is 2. The van der Waals surface area contributed by atoms with Crippen LogP contribution in [-0.4, -0.2) is 25.0 Å². The summed E-state index contributed by atoms with van der Waals surface area (Å²) in [6, 6.07) is 18.5. The molecule has 0 aliphatic rings. The van der Waals surface area contributed by atoms with E-state index in [4.69, 9.17) is 0 Å². The molecular formula is C20H16F2N2O3. The van der Waals surface area contributed by atoms with E-state index in [1.54, 1.807) is 6.07 Å². The minimum absolute atomic E-state index is 0.117. The molecule has 3 rings (SSSR count). The van der Waals surface area contributed by atoms with Crippen molar-refractivity contribution in [2.24, 2.45) is 0 Å². The first-order chi connectivity index (χ1) is 13.0. The van der Waals surface area contributed by atoms with Gasteiger partial charge in [0.2, 0.25) is 5.91 Å². The molecule has 0 radical (unpaired) electrons. The minimum Gasteiger partial charge on any atom is -0.435 e. The van der Waals surface area contributed by atoms with Crippen molar-refractivity contribution in [1.82, 2.24) is 5.32 Å². The Hall–Kier alpha value is -3.48. The molecule has 27 heavy (non-hydrogen) atoms. The van der Waals surface area contributed by atoms with Gasteiger partial charge < -0.3 is 15.4 Å². The van der Waals surface area contributed by atoms with Crippen LogP contribution in [0, 0.1) is 0 Å². The van der Waals surface area contributed by atoms with Crippen molar-refractivity contribution >= 4 is 28.3 Å². The molecule has 0 spiro atoms. The lowest BCUT2D eigenvalue weighted by Crippen LogP contribution is -2.32. The van der Waals surface area contributed by atoms with Gasteiger partial charge in [0.25, 0.3) is 5.91 Å². The Morgan fingerprint density at radius 2 is 1.70 bits per heavy atom. The Morgan fingerprint density at radius 1 is 0.963 bits per heavy atom. The van der Waals surface area contributed by atoms with Crippen LogP contribution in [0.25, 0.3) is 10.8 Å². The van der Waals surface area contributed by atoms with Gasteiger partial charge in [0, 0.05) is 16.6 Å². The molecule has 0 saturated carbocycles. The van der Waals surface area contributed by atoms with Gasteiger partial charge in [-0.15, -0.1) is 0 Å². The number of hydrogen-bond acceptors (Lipinski definition) is 3. The zero-order valence-electron chi connectivity index (χ0n) is 14.1. The van der Waals surface area contributed by atoms with E-state index >= 15 is 0 Å². The van der Waals surface area contributed by atoms with Gasteiger partial charge in [-0.3, -0.25) is 9.59 Å². The lowest BCUT2D eigenvalue weighted by Gasteiger charge is -2.10. The van der Waals surface area contributed by atoms with Crippen molar-refractivity contribution in [2.45, 2.75) is 6.61 Å². The largest absolute Gasteiger partial charge is 0.435 e. The van der Waals surface area contributed by atoms with Crippen molar-refractivity contribution in [1.29, 1.82) is 0 Å². The van der Waals surface area contributed by atoms with E-state index in [0.717, 1.165) is 10.8 Å². The molecule has 5 nitrogen and oxygen atoms in total. The normalized spacial score (nSPS) is 10.6. The molecular weight excluding hydrogens is 354 g/mol. The number of benzene rings is 3. The van der Waals surface area contributed by atoms with Gasteiger partial charge in [-0.2, -0.15) is 8.78 Å². The number of amides is 2. The molecule has 0 aliphatic carbocycles. The number of alkyl halides is 2. The Morgan fingerprint density at radius 3 is 2.52 bits per heavy atom. The van der Waals surface area contributed by atoms with Crippen LogP contribution in [0.1, 0.15) is 10.4 Å². The monoisotopic (exact) mass is 370 g/mol. The summed E-state index contributed by atoms with van der Waals surface area (Å²) >= 11 is 0. The van der Waals surface area contributed by atoms with Crippen molar-refractivity contribution in [3.05, 3.63) is 72.3 Å². The number of hydrogen-bond donors (Lipinski definition) is 2. The number of anilines is 1.